The molecule has 0 bridgehead atoms. The van der Waals surface area contributed by atoms with Gasteiger partial charge in [-0.2, -0.15) is 13.2 Å². The molecule has 146 valence electrons. The topological polar surface area (TPSA) is 23.6 Å². The van der Waals surface area contributed by atoms with E-state index >= 15 is 0 Å². The Balaban J connectivity index is 2.16. The van der Waals surface area contributed by atoms with Crippen LogP contribution in [0.2, 0.25) is 0 Å². The molecular weight excluding hydrogens is 348 g/mol. The summed E-state index contributed by atoms with van der Waals surface area (Å²) in [6, 6.07) is 3.28. The van der Waals surface area contributed by atoms with Crippen LogP contribution in [0.4, 0.5) is 17.6 Å². The Morgan fingerprint density at radius 2 is 1.77 bits per heavy atom. The van der Waals surface area contributed by atoms with E-state index in [1.807, 2.05) is 0 Å². The molecule has 2 rings (SSSR count). The molecule has 0 amide bonds. The minimum absolute atomic E-state index is 0.0875. The minimum Gasteiger partial charge on any atom is -0.300 e. The molecule has 0 spiro atoms. The van der Waals surface area contributed by atoms with E-state index in [1.54, 1.807) is 6.92 Å². The van der Waals surface area contributed by atoms with Gasteiger partial charge in [-0.25, -0.2) is 4.39 Å². The number of nitrogens with zero attached hydrogens (tertiary/aromatic N) is 2. The van der Waals surface area contributed by atoms with E-state index in [0.29, 0.717) is 18.2 Å². The first kappa shape index (κ1) is 20.8. The summed E-state index contributed by atoms with van der Waals surface area (Å²) in [5.74, 6) is -2.02. The van der Waals surface area contributed by atoms with E-state index in [2.05, 4.69) is 23.6 Å². The SMILES string of the molecule is CCC(=O)[C@H](CN1CCN(C(C)C)CC1)c1ccc(C(F)(F)F)c(F)c1. The lowest BCUT2D eigenvalue weighted by atomic mass is 9.91. The van der Waals surface area contributed by atoms with Crippen LogP contribution in [0, 0.1) is 5.82 Å². The molecule has 0 aliphatic carbocycles. The molecule has 0 radical (unpaired) electrons. The Morgan fingerprint density at radius 1 is 1.15 bits per heavy atom. The summed E-state index contributed by atoms with van der Waals surface area (Å²) in [7, 11) is 0. The average Bonchev–Trinajstić information content (AvgIpc) is 2.58. The number of ketones is 1. The van der Waals surface area contributed by atoms with Crippen LogP contribution in [-0.4, -0.2) is 54.3 Å². The highest BCUT2D eigenvalue weighted by Gasteiger charge is 2.35. The normalized spacial score (nSPS) is 18.3. The quantitative estimate of drug-likeness (QED) is 0.705. The lowest BCUT2D eigenvalue weighted by molar-refractivity contribution is -0.140. The van der Waals surface area contributed by atoms with Gasteiger partial charge in [-0.05, 0) is 31.5 Å². The van der Waals surface area contributed by atoms with Gasteiger partial charge < -0.3 is 0 Å². The van der Waals surface area contributed by atoms with Crippen LogP contribution in [0.25, 0.3) is 0 Å². The smallest absolute Gasteiger partial charge is 0.300 e. The fourth-order valence-corrected chi connectivity index (χ4v) is 3.34. The maximum atomic E-state index is 13.9. The molecule has 7 heteroatoms. The number of benzene rings is 1. The summed E-state index contributed by atoms with van der Waals surface area (Å²) < 4.78 is 52.2. The van der Waals surface area contributed by atoms with E-state index < -0.39 is 23.5 Å². The summed E-state index contributed by atoms with van der Waals surface area (Å²) >= 11 is 0. The summed E-state index contributed by atoms with van der Waals surface area (Å²) in [5, 5.41) is 0. The molecule has 3 nitrogen and oxygen atoms in total. The van der Waals surface area contributed by atoms with E-state index in [0.717, 1.165) is 38.3 Å². The molecule has 1 heterocycles. The molecule has 1 fully saturated rings. The summed E-state index contributed by atoms with van der Waals surface area (Å²) in [6.07, 6.45) is -4.47. The summed E-state index contributed by atoms with van der Waals surface area (Å²) in [4.78, 5) is 16.8. The van der Waals surface area contributed by atoms with Crippen molar-refractivity contribution in [2.24, 2.45) is 0 Å². The van der Waals surface area contributed by atoms with Crippen LogP contribution in [0.1, 0.15) is 44.2 Å². The monoisotopic (exact) mass is 374 g/mol. The number of hydrogen-bond donors (Lipinski definition) is 0. The van der Waals surface area contributed by atoms with Crippen molar-refractivity contribution >= 4 is 5.78 Å². The lowest BCUT2D eigenvalue weighted by Crippen LogP contribution is -2.50. The first-order chi connectivity index (χ1) is 12.1. The molecule has 0 saturated carbocycles. The zero-order chi connectivity index (χ0) is 19.5. The van der Waals surface area contributed by atoms with Crippen LogP contribution in [0.3, 0.4) is 0 Å². The van der Waals surface area contributed by atoms with E-state index in [1.165, 1.54) is 6.07 Å². The third-order valence-corrected chi connectivity index (χ3v) is 5.02. The van der Waals surface area contributed by atoms with Crippen LogP contribution in [-0.2, 0) is 11.0 Å². The number of piperazine rings is 1. The fraction of sp³-hybridized carbons (Fsp3) is 0.632. The van der Waals surface area contributed by atoms with Crippen molar-refractivity contribution < 1.29 is 22.4 Å². The van der Waals surface area contributed by atoms with Crippen molar-refractivity contribution in [2.45, 2.75) is 45.3 Å². The van der Waals surface area contributed by atoms with E-state index in [9.17, 15) is 22.4 Å². The van der Waals surface area contributed by atoms with Gasteiger partial charge in [0.25, 0.3) is 0 Å². The molecule has 0 aromatic heterocycles. The van der Waals surface area contributed by atoms with Crippen molar-refractivity contribution in [1.82, 2.24) is 9.80 Å². The number of hydrogen-bond acceptors (Lipinski definition) is 3. The number of Topliss-reactive ketones (excluding diaryl/α,β-unsaturated/α-hetero) is 1. The molecule has 1 atom stereocenters. The second-order valence-electron chi connectivity index (χ2n) is 7.04. The van der Waals surface area contributed by atoms with E-state index in [-0.39, 0.29) is 12.2 Å². The predicted octanol–water partition coefficient (Wildman–Crippen LogP) is 3.93. The standard InChI is InChI=1S/C19H26F4N2O/c1-4-18(26)15(12-24-7-9-25(10-8-24)13(2)3)14-5-6-16(17(20)11-14)19(21,22)23/h5-6,11,13,15H,4,7-10,12H2,1-3H3/t15-/m1/s1. The second-order valence-corrected chi connectivity index (χ2v) is 7.04. The van der Waals surface area contributed by atoms with Crippen LogP contribution < -0.4 is 0 Å². The van der Waals surface area contributed by atoms with Gasteiger partial charge in [0.15, 0.2) is 0 Å². The van der Waals surface area contributed by atoms with Crippen molar-refractivity contribution in [1.29, 1.82) is 0 Å². The molecule has 1 aliphatic heterocycles. The van der Waals surface area contributed by atoms with Gasteiger partial charge in [0.2, 0.25) is 0 Å². The van der Waals surface area contributed by atoms with Crippen LogP contribution in [0.15, 0.2) is 18.2 Å². The average molecular weight is 374 g/mol. The highest BCUT2D eigenvalue weighted by Crippen LogP contribution is 2.33. The minimum atomic E-state index is -4.74. The molecular formula is C19H26F4N2O. The van der Waals surface area contributed by atoms with Gasteiger partial charge in [0.05, 0.1) is 11.5 Å². The van der Waals surface area contributed by atoms with Crippen molar-refractivity contribution in [3.8, 4) is 0 Å². The Bertz CT molecular complexity index is 622. The summed E-state index contributed by atoms with van der Waals surface area (Å²) in [5.41, 5.74) is -0.983. The Kier molecular flexibility index (Phi) is 6.80. The fourth-order valence-electron chi connectivity index (χ4n) is 3.34. The zero-order valence-corrected chi connectivity index (χ0v) is 15.4. The molecule has 0 unspecified atom stereocenters. The third-order valence-electron chi connectivity index (χ3n) is 5.02. The van der Waals surface area contributed by atoms with Gasteiger partial charge in [-0.1, -0.05) is 13.0 Å². The first-order valence-electron chi connectivity index (χ1n) is 8.99. The largest absolute Gasteiger partial charge is 0.419 e. The molecule has 1 aromatic rings. The highest BCUT2D eigenvalue weighted by atomic mass is 19.4. The maximum Gasteiger partial charge on any atom is 0.419 e. The molecule has 0 N–H and O–H groups in total. The number of carbonyl (C=O) groups is 1. The molecule has 1 aromatic carbocycles. The van der Waals surface area contributed by atoms with Crippen molar-refractivity contribution in [3.05, 3.63) is 35.1 Å². The maximum absolute atomic E-state index is 13.9. The van der Waals surface area contributed by atoms with Gasteiger partial charge >= 0.3 is 6.18 Å². The highest BCUT2D eigenvalue weighted by molar-refractivity contribution is 5.85. The van der Waals surface area contributed by atoms with Gasteiger partial charge in [-0.15, -0.1) is 0 Å². The van der Waals surface area contributed by atoms with Crippen molar-refractivity contribution in [2.75, 3.05) is 32.7 Å². The van der Waals surface area contributed by atoms with E-state index in [4.69, 9.17) is 0 Å². The first-order valence-corrected chi connectivity index (χ1v) is 8.99. The molecule has 26 heavy (non-hydrogen) atoms. The summed E-state index contributed by atoms with van der Waals surface area (Å²) in [6.45, 7) is 9.71. The number of carbonyl (C=O) groups excluding carboxylic acids is 1. The third kappa shape index (κ3) is 5.04. The van der Waals surface area contributed by atoms with Crippen LogP contribution in [0.5, 0.6) is 0 Å². The lowest BCUT2D eigenvalue weighted by Gasteiger charge is -2.38. The zero-order valence-electron chi connectivity index (χ0n) is 15.4. The van der Waals surface area contributed by atoms with Gasteiger partial charge in [-0.3, -0.25) is 14.6 Å². The van der Waals surface area contributed by atoms with Gasteiger partial charge in [0, 0.05) is 45.2 Å². The van der Waals surface area contributed by atoms with Crippen LogP contribution >= 0.6 is 0 Å². The predicted molar refractivity (Wildman–Crippen MR) is 92.6 cm³/mol. The number of halogens is 4. The second kappa shape index (κ2) is 8.48. The van der Waals surface area contributed by atoms with Crippen molar-refractivity contribution in [3.63, 3.8) is 0 Å². The molecule has 1 saturated heterocycles. The Morgan fingerprint density at radius 3 is 2.23 bits per heavy atom. The Labute approximate surface area is 152 Å². The molecule has 1 aliphatic rings. The Hall–Kier alpha value is -1.47. The van der Waals surface area contributed by atoms with Gasteiger partial charge in [0.1, 0.15) is 11.6 Å². The number of rotatable bonds is 6. The number of alkyl halides is 3.